The second-order valence-corrected chi connectivity index (χ2v) is 2.22. The number of methoxy groups -OCH3 is 1. The summed E-state index contributed by atoms with van der Waals surface area (Å²) in [4.78, 5) is 7.46. The van der Waals surface area contributed by atoms with Gasteiger partial charge in [-0.15, -0.1) is 12.4 Å². The summed E-state index contributed by atoms with van der Waals surface area (Å²) in [6, 6.07) is 0. The number of hydrogen-bond acceptors (Lipinski definition) is 4. The van der Waals surface area contributed by atoms with Crippen LogP contribution in [0.3, 0.4) is 0 Å². The molecular weight excluding hydrogens is 197 g/mol. The minimum atomic E-state index is -0.467. The third-order valence-electron chi connectivity index (χ3n) is 1.43. The van der Waals surface area contributed by atoms with E-state index in [9.17, 15) is 4.39 Å². The first-order valence-corrected chi connectivity index (χ1v) is 3.48. The van der Waals surface area contributed by atoms with Crippen molar-refractivity contribution in [3.63, 3.8) is 0 Å². The molecule has 0 aliphatic heterocycles. The van der Waals surface area contributed by atoms with Gasteiger partial charge < -0.3 is 10.5 Å². The van der Waals surface area contributed by atoms with Crippen LogP contribution in [0.5, 0.6) is 0 Å². The Bertz CT molecular complexity index is 240. The zero-order valence-electron chi connectivity index (χ0n) is 7.11. The average Bonchev–Trinajstić information content (AvgIpc) is 2.10. The van der Waals surface area contributed by atoms with E-state index in [1.165, 1.54) is 7.11 Å². The highest BCUT2D eigenvalue weighted by Gasteiger charge is 2.10. The first-order chi connectivity index (χ1) is 5.77. The Morgan fingerprint density at radius 3 is 2.46 bits per heavy atom. The van der Waals surface area contributed by atoms with Crippen LogP contribution in [0.4, 0.5) is 4.39 Å². The largest absolute Gasteiger partial charge is 0.372 e. The number of rotatable bonds is 3. The average molecular weight is 208 g/mol. The maximum absolute atomic E-state index is 12.4. The van der Waals surface area contributed by atoms with E-state index in [-0.39, 0.29) is 25.1 Å². The molecule has 6 heteroatoms. The van der Waals surface area contributed by atoms with Crippen molar-refractivity contribution in [3.8, 4) is 0 Å². The quantitative estimate of drug-likeness (QED) is 0.792. The first kappa shape index (κ1) is 12.2. The van der Waals surface area contributed by atoms with Gasteiger partial charge in [0.25, 0.3) is 0 Å². The Balaban J connectivity index is 0.00000144. The van der Waals surface area contributed by atoms with Crippen LogP contribution in [-0.4, -0.2) is 23.6 Å². The molecule has 0 aliphatic rings. The zero-order valence-corrected chi connectivity index (χ0v) is 7.92. The highest BCUT2D eigenvalue weighted by molar-refractivity contribution is 5.85. The van der Waals surface area contributed by atoms with Crippen molar-refractivity contribution in [2.75, 3.05) is 13.7 Å². The molecule has 2 N–H and O–H groups in total. The summed E-state index contributed by atoms with van der Waals surface area (Å²) in [6.45, 7) is 0.280. The van der Waals surface area contributed by atoms with E-state index < -0.39 is 5.82 Å². The van der Waals surface area contributed by atoms with Gasteiger partial charge in [-0.3, -0.25) is 0 Å². The molecule has 0 bridgehead atoms. The normalized spacial score (nSPS) is 11.9. The van der Waals surface area contributed by atoms with Crippen LogP contribution >= 0.6 is 12.4 Å². The topological polar surface area (TPSA) is 61.0 Å². The second-order valence-electron chi connectivity index (χ2n) is 2.22. The Kier molecular flexibility index (Phi) is 5.45. The summed E-state index contributed by atoms with van der Waals surface area (Å²) in [7, 11) is 1.50. The fourth-order valence-corrected chi connectivity index (χ4v) is 0.796. The minimum Gasteiger partial charge on any atom is -0.372 e. The Morgan fingerprint density at radius 1 is 1.54 bits per heavy atom. The van der Waals surface area contributed by atoms with E-state index in [1.54, 1.807) is 0 Å². The highest BCUT2D eigenvalue weighted by Crippen LogP contribution is 2.08. The van der Waals surface area contributed by atoms with E-state index in [0.717, 1.165) is 12.4 Å². The summed E-state index contributed by atoms with van der Waals surface area (Å²) in [5.74, 6) is -0.0629. The maximum Gasteiger partial charge on any atom is 0.159 e. The van der Waals surface area contributed by atoms with Crippen LogP contribution in [0.2, 0.25) is 0 Å². The van der Waals surface area contributed by atoms with Crippen molar-refractivity contribution in [1.82, 2.24) is 9.97 Å². The van der Waals surface area contributed by atoms with Crippen LogP contribution in [0.15, 0.2) is 12.4 Å². The first-order valence-electron chi connectivity index (χ1n) is 3.48. The van der Waals surface area contributed by atoms with E-state index >= 15 is 0 Å². The monoisotopic (exact) mass is 207 g/mol. The Labute approximate surface area is 81.7 Å². The molecule has 74 valence electrons. The lowest BCUT2D eigenvalue weighted by Gasteiger charge is -2.09. The van der Waals surface area contributed by atoms with Gasteiger partial charge in [0, 0.05) is 13.7 Å². The summed E-state index contributed by atoms with van der Waals surface area (Å²) in [5, 5.41) is 0. The Hall–Kier alpha value is -0.780. The standard InChI is InChI=1S/C7H10FN3O.ClH/c1-12-6(2-9)7-10-3-5(8)4-11-7;/h3-4,6H,2,9H2,1H3;1H. The lowest BCUT2D eigenvalue weighted by Crippen LogP contribution is -2.16. The molecule has 0 amide bonds. The van der Waals surface area contributed by atoms with Crippen molar-refractivity contribution < 1.29 is 9.13 Å². The molecule has 1 aromatic rings. The molecule has 0 saturated heterocycles. The fourth-order valence-electron chi connectivity index (χ4n) is 0.796. The van der Waals surface area contributed by atoms with E-state index in [0.29, 0.717) is 5.82 Å². The van der Waals surface area contributed by atoms with Gasteiger partial charge in [0.2, 0.25) is 0 Å². The number of halogens is 2. The fraction of sp³-hybridized carbons (Fsp3) is 0.429. The van der Waals surface area contributed by atoms with Crippen LogP contribution in [0.25, 0.3) is 0 Å². The molecule has 1 rings (SSSR count). The molecule has 1 atom stereocenters. The summed E-state index contributed by atoms with van der Waals surface area (Å²) < 4.78 is 17.3. The molecule has 4 nitrogen and oxygen atoms in total. The molecule has 0 saturated carbocycles. The second kappa shape index (κ2) is 5.80. The third-order valence-corrected chi connectivity index (χ3v) is 1.43. The van der Waals surface area contributed by atoms with Crippen molar-refractivity contribution in [3.05, 3.63) is 24.0 Å². The lowest BCUT2D eigenvalue weighted by molar-refractivity contribution is 0.103. The predicted octanol–water partition coefficient (Wildman–Crippen LogP) is 0.684. The van der Waals surface area contributed by atoms with Gasteiger partial charge in [0.1, 0.15) is 6.10 Å². The van der Waals surface area contributed by atoms with Crippen molar-refractivity contribution >= 4 is 12.4 Å². The molecular formula is C7H11ClFN3O. The van der Waals surface area contributed by atoms with Crippen LogP contribution < -0.4 is 5.73 Å². The summed E-state index contributed by atoms with van der Waals surface area (Å²) in [5.41, 5.74) is 5.35. The van der Waals surface area contributed by atoms with Gasteiger partial charge >= 0.3 is 0 Å². The lowest BCUT2D eigenvalue weighted by atomic mass is 10.3. The third kappa shape index (κ3) is 3.22. The predicted molar refractivity (Wildman–Crippen MR) is 48.0 cm³/mol. The highest BCUT2D eigenvalue weighted by atomic mass is 35.5. The molecule has 1 heterocycles. The van der Waals surface area contributed by atoms with Gasteiger partial charge in [-0.1, -0.05) is 0 Å². The van der Waals surface area contributed by atoms with Crippen LogP contribution in [-0.2, 0) is 4.74 Å². The van der Waals surface area contributed by atoms with Gasteiger partial charge in [0.05, 0.1) is 12.4 Å². The van der Waals surface area contributed by atoms with Gasteiger partial charge in [0.15, 0.2) is 11.6 Å². The number of ether oxygens (including phenoxy) is 1. The number of aromatic nitrogens is 2. The summed E-state index contributed by atoms with van der Waals surface area (Å²) >= 11 is 0. The van der Waals surface area contributed by atoms with Gasteiger partial charge in [-0.2, -0.15) is 0 Å². The van der Waals surface area contributed by atoms with Crippen LogP contribution in [0.1, 0.15) is 11.9 Å². The zero-order chi connectivity index (χ0) is 8.97. The molecule has 13 heavy (non-hydrogen) atoms. The molecule has 1 unspecified atom stereocenters. The van der Waals surface area contributed by atoms with Crippen LogP contribution in [0, 0.1) is 5.82 Å². The van der Waals surface area contributed by atoms with Crippen molar-refractivity contribution in [2.45, 2.75) is 6.10 Å². The Morgan fingerprint density at radius 2 is 2.08 bits per heavy atom. The molecule has 0 aromatic carbocycles. The SMILES string of the molecule is COC(CN)c1ncc(F)cn1.Cl. The number of hydrogen-bond donors (Lipinski definition) is 1. The summed E-state index contributed by atoms with van der Waals surface area (Å²) in [6.07, 6.45) is 1.82. The molecule has 0 radical (unpaired) electrons. The molecule has 1 aromatic heterocycles. The number of nitrogens with zero attached hydrogens (tertiary/aromatic N) is 2. The number of nitrogens with two attached hydrogens (primary N) is 1. The minimum absolute atomic E-state index is 0. The van der Waals surface area contributed by atoms with E-state index in [1.807, 2.05) is 0 Å². The smallest absolute Gasteiger partial charge is 0.159 e. The van der Waals surface area contributed by atoms with Gasteiger partial charge in [-0.25, -0.2) is 14.4 Å². The van der Waals surface area contributed by atoms with E-state index in [4.69, 9.17) is 10.5 Å². The molecule has 0 aliphatic carbocycles. The van der Waals surface area contributed by atoms with E-state index in [2.05, 4.69) is 9.97 Å². The van der Waals surface area contributed by atoms with Crippen molar-refractivity contribution in [1.29, 1.82) is 0 Å². The molecule has 0 fully saturated rings. The molecule has 0 spiro atoms. The van der Waals surface area contributed by atoms with Gasteiger partial charge in [-0.05, 0) is 0 Å². The maximum atomic E-state index is 12.4. The van der Waals surface area contributed by atoms with Crippen molar-refractivity contribution in [2.24, 2.45) is 5.73 Å².